The SMILES string of the molecule is COc1c(O[C@@H]2OC(C)[C@H](O)[C@H](O)C2O)cc2occ(-c3ccccc3)c(=O)c2c1O. The minimum atomic E-state index is -1.57. The third kappa shape index (κ3) is 3.61. The van der Waals surface area contributed by atoms with Crippen molar-refractivity contribution in [2.45, 2.75) is 37.6 Å². The van der Waals surface area contributed by atoms with Crippen LogP contribution in [-0.2, 0) is 4.74 Å². The van der Waals surface area contributed by atoms with Gasteiger partial charge in [0.05, 0.1) is 18.8 Å². The molecule has 1 aliphatic heterocycles. The maximum absolute atomic E-state index is 13.1. The van der Waals surface area contributed by atoms with E-state index in [1.165, 1.54) is 26.4 Å². The van der Waals surface area contributed by atoms with Crippen LogP contribution in [0.25, 0.3) is 22.1 Å². The molecule has 4 rings (SSSR count). The molecule has 1 saturated heterocycles. The number of phenols is 1. The highest BCUT2D eigenvalue weighted by Gasteiger charge is 2.43. The Morgan fingerprint density at radius 2 is 1.74 bits per heavy atom. The molecule has 9 heteroatoms. The van der Waals surface area contributed by atoms with E-state index < -0.39 is 41.9 Å². The predicted molar refractivity (Wildman–Crippen MR) is 109 cm³/mol. The zero-order valence-electron chi connectivity index (χ0n) is 16.8. The van der Waals surface area contributed by atoms with Crippen LogP contribution in [0.5, 0.6) is 17.2 Å². The first kappa shape index (κ1) is 21.1. The molecule has 9 nitrogen and oxygen atoms in total. The van der Waals surface area contributed by atoms with Crippen LogP contribution in [-0.4, -0.2) is 58.2 Å². The summed E-state index contributed by atoms with van der Waals surface area (Å²) >= 11 is 0. The molecule has 0 spiro atoms. The third-order valence-electron chi connectivity index (χ3n) is 5.30. The lowest BCUT2D eigenvalue weighted by atomic mass is 10.00. The van der Waals surface area contributed by atoms with Crippen molar-refractivity contribution in [1.29, 1.82) is 0 Å². The molecule has 2 heterocycles. The van der Waals surface area contributed by atoms with Gasteiger partial charge in [0.25, 0.3) is 0 Å². The van der Waals surface area contributed by atoms with Crippen LogP contribution in [0.15, 0.2) is 51.9 Å². The first-order chi connectivity index (χ1) is 14.8. The van der Waals surface area contributed by atoms with Gasteiger partial charge in [-0.2, -0.15) is 0 Å². The molecule has 0 amide bonds. The highest BCUT2D eigenvalue weighted by atomic mass is 16.7. The van der Waals surface area contributed by atoms with Crippen molar-refractivity contribution in [3.63, 3.8) is 0 Å². The zero-order chi connectivity index (χ0) is 22.3. The molecule has 1 fully saturated rings. The molecule has 164 valence electrons. The minimum Gasteiger partial charge on any atom is -0.504 e. The zero-order valence-corrected chi connectivity index (χ0v) is 16.8. The summed E-state index contributed by atoms with van der Waals surface area (Å²) < 4.78 is 21.9. The second-order valence-corrected chi connectivity index (χ2v) is 7.27. The van der Waals surface area contributed by atoms with Gasteiger partial charge < -0.3 is 39.1 Å². The average Bonchev–Trinajstić information content (AvgIpc) is 2.77. The summed E-state index contributed by atoms with van der Waals surface area (Å²) in [6.45, 7) is 1.51. The van der Waals surface area contributed by atoms with E-state index in [0.29, 0.717) is 5.56 Å². The van der Waals surface area contributed by atoms with E-state index in [0.717, 1.165) is 0 Å². The van der Waals surface area contributed by atoms with Crippen LogP contribution >= 0.6 is 0 Å². The molecule has 0 radical (unpaired) electrons. The Kier molecular flexibility index (Phi) is 5.59. The van der Waals surface area contributed by atoms with Crippen molar-refractivity contribution >= 4 is 11.0 Å². The molecular formula is C22H22O9. The lowest BCUT2D eigenvalue weighted by molar-refractivity contribution is -0.268. The number of phenolic OH excluding ortho intramolecular Hbond substituents is 1. The van der Waals surface area contributed by atoms with E-state index in [-0.39, 0.29) is 28.0 Å². The molecule has 4 N–H and O–H groups in total. The summed E-state index contributed by atoms with van der Waals surface area (Å²) in [5.41, 5.74) is 0.445. The Labute approximate surface area is 176 Å². The van der Waals surface area contributed by atoms with Gasteiger partial charge in [-0.05, 0) is 12.5 Å². The van der Waals surface area contributed by atoms with Crippen LogP contribution in [0.1, 0.15) is 6.92 Å². The number of aliphatic hydroxyl groups excluding tert-OH is 3. The molecular weight excluding hydrogens is 408 g/mol. The van der Waals surface area contributed by atoms with Gasteiger partial charge in [-0.3, -0.25) is 4.79 Å². The van der Waals surface area contributed by atoms with Gasteiger partial charge in [0.15, 0.2) is 11.5 Å². The van der Waals surface area contributed by atoms with Gasteiger partial charge >= 0.3 is 0 Å². The quantitative estimate of drug-likeness (QED) is 0.483. The van der Waals surface area contributed by atoms with Crippen LogP contribution in [0.4, 0.5) is 0 Å². The number of fused-ring (bicyclic) bond motifs is 1. The number of methoxy groups -OCH3 is 1. The Hall–Kier alpha value is -3.11. The van der Waals surface area contributed by atoms with Gasteiger partial charge in [-0.15, -0.1) is 0 Å². The number of rotatable bonds is 4. The van der Waals surface area contributed by atoms with Crippen molar-refractivity contribution in [2.75, 3.05) is 7.11 Å². The number of aromatic hydroxyl groups is 1. The Morgan fingerprint density at radius 1 is 1.03 bits per heavy atom. The molecule has 0 bridgehead atoms. The monoisotopic (exact) mass is 430 g/mol. The van der Waals surface area contributed by atoms with E-state index in [4.69, 9.17) is 18.6 Å². The molecule has 1 aromatic heterocycles. The summed E-state index contributed by atoms with van der Waals surface area (Å²) in [6.07, 6.45) is -5.27. The topological polar surface area (TPSA) is 139 Å². The van der Waals surface area contributed by atoms with Crippen LogP contribution < -0.4 is 14.9 Å². The fourth-order valence-electron chi connectivity index (χ4n) is 3.56. The van der Waals surface area contributed by atoms with Gasteiger partial charge in [0, 0.05) is 6.07 Å². The largest absolute Gasteiger partial charge is 0.504 e. The number of hydrogen-bond acceptors (Lipinski definition) is 9. The number of hydrogen-bond donors (Lipinski definition) is 4. The molecule has 1 aliphatic rings. The second-order valence-electron chi connectivity index (χ2n) is 7.27. The van der Waals surface area contributed by atoms with Crippen LogP contribution in [0.2, 0.25) is 0 Å². The number of benzene rings is 2. The van der Waals surface area contributed by atoms with E-state index in [1.54, 1.807) is 24.3 Å². The molecule has 3 aromatic rings. The Balaban J connectivity index is 1.79. The van der Waals surface area contributed by atoms with E-state index in [1.807, 2.05) is 6.07 Å². The van der Waals surface area contributed by atoms with Crippen LogP contribution in [0.3, 0.4) is 0 Å². The first-order valence-corrected chi connectivity index (χ1v) is 9.60. The van der Waals surface area contributed by atoms with E-state index in [9.17, 15) is 25.2 Å². The summed E-state index contributed by atoms with van der Waals surface area (Å²) in [5.74, 6) is -0.752. The summed E-state index contributed by atoms with van der Waals surface area (Å²) in [4.78, 5) is 13.1. The molecule has 2 unspecified atom stereocenters. The van der Waals surface area contributed by atoms with E-state index in [2.05, 4.69) is 0 Å². The fourth-order valence-corrected chi connectivity index (χ4v) is 3.56. The Bertz CT molecular complexity index is 1140. The minimum absolute atomic E-state index is 0.0249. The second kappa shape index (κ2) is 8.20. The summed E-state index contributed by atoms with van der Waals surface area (Å²) in [6, 6.07) is 10.2. The van der Waals surface area contributed by atoms with Crippen molar-refractivity contribution in [2.24, 2.45) is 0 Å². The standard InChI is InChI=1S/C22H22O9/c1-10-16(23)19(26)20(27)22(30-10)31-14-8-13-15(18(25)21(14)28-2)17(24)12(9-29-13)11-6-4-3-5-7-11/h3-10,16,19-20,22-23,25-27H,1-2H3/t10?,16-,19-,20?,22-/m0/s1. The predicted octanol–water partition coefficient (Wildman–Crippen LogP) is 1.38. The first-order valence-electron chi connectivity index (χ1n) is 9.60. The van der Waals surface area contributed by atoms with Gasteiger partial charge in [-0.1, -0.05) is 30.3 Å². The molecule has 2 aromatic carbocycles. The molecule has 0 saturated carbocycles. The normalized spacial score (nSPS) is 26.0. The lowest BCUT2D eigenvalue weighted by Gasteiger charge is -2.39. The molecule has 0 aliphatic carbocycles. The van der Waals surface area contributed by atoms with Crippen molar-refractivity contribution in [3.05, 3.63) is 52.9 Å². The molecule has 5 atom stereocenters. The van der Waals surface area contributed by atoms with Crippen molar-refractivity contribution in [3.8, 4) is 28.4 Å². The maximum atomic E-state index is 13.1. The number of ether oxygens (including phenoxy) is 3. The van der Waals surface area contributed by atoms with Gasteiger partial charge in [0.2, 0.25) is 17.5 Å². The highest BCUT2D eigenvalue weighted by molar-refractivity contribution is 5.91. The van der Waals surface area contributed by atoms with Gasteiger partial charge in [-0.25, -0.2) is 0 Å². The van der Waals surface area contributed by atoms with Crippen molar-refractivity contribution < 1.29 is 39.1 Å². The third-order valence-corrected chi connectivity index (χ3v) is 5.30. The summed E-state index contributed by atoms with van der Waals surface area (Å²) in [5, 5.41) is 40.7. The van der Waals surface area contributed by atoms with Crippen LogP contribution in [0, 0.1) is 0 Å². The maximum Gasteiger partial charge on any atom is 0.229 e. The fraction of sp³-hybridized carbons (Fsp3) is 0.318. The smallest absolute Gasteiger partial charge is 0.229 e. The summed E-state index contributed by atoms with van der Waals surface area (Å²) in [7, 11) is 1.27. The lowest BCUT2D eigenvalue weighted by Crippen LogP contribution is -2.58. The van der Waals surface area contributed by atoms with E-state index >= 15 is 0 Å². The van der Waals surface area contributed by atoms with Crippen molar-refractivity contribution in [1.82, 2.24) is 0 Å². The number of aliphatic hydroxyl groups is 3. The van der Waals surface area contributed by atoms with Gasteiger partial charge in [0.1, 0.15) is 35.5 Å². The highest BCUT2D eigenvalue weighted by Crippen LogP contribution is 2.43. The molecule has 31 heavy (non-hydrogen) atoms. The average molecular weight is 430 g/mol. The Morgan fingerprint density at radius 3 is 2.42 bits per heavy atom.